The molecule has 0 spiro atoms. The third-order valence-corrected chi connectivity index (χ3v) is 4.96. The number of aromatic nitrogens is 2. The van der Waals surface area contributed by atoms with Gasteiger partial charge in [0.05, 0.1) is 12.3 Å². The first-order chi connectivity index (χ1) is 10.1. The number of nitrogens with two attached hydrogens (primary N) is 1. The highest BCUT2D eigenvalue weighted by atomic mass is 32.2. The van der Waals surface area contributed by atoms with E-state index in [1.165, 1.54) is 12.4 Å². The van der Waals surface area contributed by atoms with E-state index in [1.807, 2.05) is 0 Å². The predicted molar refractivity (Wildman–Crippen MR) is 79.3 cm³/mol. The molecule has 21 heavy (non-hydrogen) atoms. The smallest absolute Gasteiger partial charge is 0.243 e. The Labute approximate surface area is 125 Å². The SMILES string of the molecule is NCCCn1cc(S(=O)(=O)NCCC2CCCCO2)cn1. The Hall–Kier alpha value is -0.960. The molecule has 1 atom stereocenters. The van der Waals surface area contributed by atoms with Gasteiger partial charge in [0.15, 0.2) is 0 Å². The van der Waals surface area contributed by atoms with Gasteiger partial charge in [0.1, 0.15) is 4.90 Å². The first-order valence-corrected chi connectivity index (χ1v) is 8.94. The predicted octanol–water partition coefficient (Wildman–Crippen LogP) is 0.469. The van der Waals surface area contributed by atoms with Gasteiger partial charge in [0, 0.05) is 25.9 Å². The molecule has 7 nitrogen and oxygen atoms in total. The van der Waals surface area contributed by atoms with E-state index in [9.17, 15) is 8.42 Å². The fraction of sp³-hybridized carbons (Fsp3) is 0.769. The van der Waals surface area contributed by atoms with E-state index in [2.05, 4.69) is 9.82 Å². The minimum atomic E-state index is -3.49. The third kappa shape index (κ3) is 5.06. The molecule has 1 aliphatic rings. The molecule has 0 radical (unpaired) electrons. The van der Waals surface area contributed by atoms with Crippen molar-refractivity contribution in [3.63, 3.8) is 0 Å². The molecule has 1 fully saturated rings. The van der Waals surface area contributed by atoms with E-state index in [0.29, 0.717) is 26.1 Å². The van der Waals surface area contributed by atoms with Crippen LogP contribution in [0.15, 0.2) is 17.3 Å². The quantitative estimate of drug-likeness (QED) is 0.726. The second-order valence-corrected chi connectivity index (χ2v) is 7.02. The van der Waals surface area contributed by atoms with Crippen LogP contribution < -0.4 is 10.5 Å². The van der Waals surface area contributed by atoms with Crippen molar-refractivity contribution < 1.29 is 13.2 Å². The second kappa shape index (κ2) is 7.88. The molecular formula is C13H24N4O3S. The summed E-state index contributed by atoms with van der Waals surface area (Å²) >= 11 is 0. The van der Waals surface area contributed by atoms with Gasteiger partial charge < -0.3 is 10.5 Å². The summed E-state index contributed by atoms with van der Waals surface area (Å²) in [7, 11) is -3.49. The number of nitrogens with zero attached hydrogens (tertiary/aromatic N) is 2. The molecule has 1 unspecified atom stereocenters. The van der Waals surface area contributed by atoms with Gasteiger partial charge in [-0.15, -0.1) is 0 Å². The van der Waals surface area contributed by atoms with Crippen LogP contribution in [0.5, 0.6) is 0 Å². The molecule has 120 valence electrons. The zero-order chi connectivity index (χ0) is 15.1. The first-order valence-electron chi connectivity index (χ1n) is 7.45. The number of rotatable bonds is 8. The molecule has 0 aromatic carbocycles. The Morgan fingerprint density at radius 2 is 2.33 bits per heavy atom. The summed E-state index contributed by atoms with van der Waals surface area (Å²) < 4.78 is 34.1. The van der Waals surface area contributed by atoms with Crippen LogP contribution in [0.1, 0.15) is 32.1 Å². The molecule has 8 heteroatoms. The fourth-order valence-electron chi connectivity index (χ4n) is 2.33. The molecular weight excluding hydrogens is 292 g/mol. The zero-order valence-corrected chi connectivity index (χ0v) is 13.0. The van der Waals surface area contributed by atoms with Crippen molar-refractivity contribution in [3.05, 3.63) is 12.4 Å². The molecule has 0 aliphatic carbocycles. The van der Waals surface area contributed by atoms with Crippen LogP contribution in [0.3, 0.4) is 0 Å². The maximum Gasteiger partial charge on any atom is 0.243 e. The molecule has 3 N–H and O–H groups in total. The highest BCUT2D eigenvalue weighted by molar-refractivity contribution is 7.89. The van der Waals surface area contributed by atoms with Gasteiger partial charge in [-0.1, -0.05) is 0 Å². The standard InChI is InChI=1S/C13H24N4O3S/c14-6-3-8-17-11-13(10-15-17)21(18,19)16-7-5-12-4-1-2-9-20-12/h10-12,16H,1-9,14H2. The minimum Gasteiger partial charge on any atom is -0.378 e. The van der Waals surface area contributed by atoms with Crippen LogP contribution in [-0.2, 0) is 21.3 Å². The van der Waals surface area contributed by atoms with Crippen LogP contribution in [0.2, 0.25) is 0 Å². The Balaban J connectivity index is 1.81. The summed E-state index contributed by atoms with van der Waals surface area (Å²) in [6.07, 6.45) is 7.83. The highest BCUT2D eigenvalue weighted by Crippen LogP contribution is 2.15. The summed E-state index contributed by atoms with van der Waals surface area (Å²) in [6, 6.07) is 0. The Morgan fingerprint density at radius 1 is 1.48 bits per heavy atom. The molecule has 2 heterocycles. The number of hydrogen-bond acceptors (Lipinski definition) is 5. The average Bonchev–Trinajstić information content (AvgIpc) is 2.96. The second-order valence-electron chi connectivity index (χ2n) is 5.26. The van der Waals surface area contributed by atoms with Gasteiger partial charge in [-0.05, 0) is 38.6 Å². The van der Waals surface area contributed by atoms with E-state index in [1.54, 1.807) is 4.68 Å². The molecule has 0 saturated carbocycles. The summed E-state index contributed by atoms with van der Waals surface area (Å²) in [5.74, 6) is 0. The lowest BCUT2D eigenvalue weighted by atomic mass is 10.1. The Kier molecular flexibility index (Phi) is 6.16. The Morgan fingerprint density at radius 3 is 3.05 bits per heavy atom. The van der Waals surface area contributed by atoms with Gasteiger partial charge in [-0.2, -0.15) is 5.10 Å². The van der Waals surface area contributed by atoms with Crippen molar-refractivity contribution in [3.8, 4) is 0 Å². The summed E-state index contributed by atoms with van der Waals surface area (Å²) in [4.78, 5) is 0.198. The Bertz CT molecular complexity index is 523. The maximum atomic E-state index is 12.1. The number of sulfonamides is 1. The van der Waals surface area contributed by atoms with Crippen LogP contribution in [0.4, 0.5) is 0 Å². The van der Waals surface area contributed by atoms with E-state index < -0.39 is 10.0 Å². The normalized spacial score (nSPS) is 19.8. The molecule has 2 rings (SSSR count). The summed E-state index contributed by atoms with van der Waals surface area (Å²) in [5.41, 5.74) is 5.42. The lowest BCUT2D eigenvalue weighted by Gasteiger charge is -2.22. The highest BCUT2D eigenvalue weighted by Gasteiger charge is 2.18. The number of nitrogens with one attached hydrogen (secondary N) is 1. The average molecular weight is 316 g/mol. The van der Waals surface area contributed by atoms with Crippen molar-refractivity contribution in [2.45, 2.75) is 49.6 Å². The fourth-order valence-corrected chi connectivity index (χ4v) is 3.33. The van der Waals surface area contributed by atoms with Crippen molar-refractivity contribution >= 4 is 10.0 Å². The lowest BCUT2D eigenvalue weighted by molar-refractivity contribution is 0.0123. The van der Waals surface area contributed by atoms with Crippen LogP contribution in [0.25, 0.3) is 0 Å². The van der Waals surface area contributed by atoms with Crippen molar-refractivity contribution in [2.24, 2.45) is 5.73 Å². The van der Waals surface area contributed by atoms with E-state index in [0.717, 1.165) is 32.3 Å². The number of hydrogen-bond donors (Lipinski definition) is 2. The van der Waals surface area contributed by atoms with Crippen molar-refractivity contribution in [1.82, 2.24) is 14.5 Å². The minimum absolute atomic E-state index is 0.175. The maximum absolute atomic E-state index is 12.1. The summed E-state index contributed by atoms with van der Waals surface area (Å²) in [6.45, 7) is 2.36. The molecule has 1 saturated heterocycles. The van der Waals surface area contributed by atoms with Gasteiger partial charge in [0.25, 0.3) is 0 Å². The van der Waals surface area contributed by atoms with Crippen molar-refractivity contribution in [2.75, 3.05) is 19.7 Å². The molecule has 1 aromatic rings. The van der Waals surface area contributed by atoms with Gasteiger partial charge in [-0.3, -0.25) is 4.68 Å². The molecule has 1 aromatic heterocycles. The van der Waals surface area contributed by atoms with Gasteiger partial charge >= 0.3 is 0 Å². The zero-order valence-electron chi connectivity index (χ0n) is 12.2. The molecule has 1 aliphatic heterocycles. The largest absolute Gasteiger partial charge is 0.378 e. The van der Waals surface area contributed by atoms with Crippen LogP contribution in [-0.4, -0.2) is 44.0 Å². The first kappa shape index (κ1) is 16.4. The van der Waals surface area contributed by atoms with Crippen molar-refractivity contribution in [1.29, 1.82) is 0 Å². The summed E-state index contributed by atoms with van der Waals surface area (Å²) in [5, 5.41) is 4.04. The molecule has 0 bridgehead atoms. The van der Waals surface area contributed by atoms with Gasteiger partial charge in [0.2, 0.25) is 10.0 Å². The van der Waals surface area contributed by atoms with E-state index in [4.69, 9.17) is 10.5 Å². The number of aryl methyl sites for hydroxylation is 1. The van der Waals surface area contributed by atoms with Crippen LogP contribution >= 0.6 is 0 Å². The molecule has 0 amide bonds. The third-order valence-electron chi connectivity index (χ3n) is 3.54. The van der Waals surface area contributed by atoms with E-state index in [-0.39, 0.29) is 11.0 Å². The topological polar surface area (TPSA) is 99.2 Å². The monoisotopic (exact) mass is 316 g/mol. The van der Waals surface area contributed by atoms with Crippen LogP contribution in [0, 0.1) is 0 Å². The van der Waals surface area contributed by atoms with Gasteiger partial charge in [-0.25, -0.2) is 13.1 Å². The van der Waals surface area contributed by atoms with E-state index >= 15 is 0 Å². The number of ether oxygens (including phenoxy) is 1. The lowest BCUT2D eigenvalue weighted by Crippen LogP contribution is -2.29.